The van der Waals surface area contributed by atoms with Crippen LogP contribution in [0.2, 0.25) is 0 Å². The third-order valence-corrected chi connectivity index (χ3v) is 4.56. The van der Waals surface area contributed by atoms with E-state index in [2.05, 4.69) is 41.3 Å². The molecule has 0 amide bonds. The quantitative estimate of drug-likeness (QED) is 0.431. The zero-order valence-corrected chi connectivity index (χ0v) is 18.1. The molecule has 1 N–H and O–H groups in total. The van der Waals surface area contributed by atoms with Gasteiger partial charge >= 0.3 is 0 Å². The molecule has 0 spiro atoms. The zero-order valence-electron chi connectivity index (χ0n) is 16.0. The maximum absolute atomic E-state index is 13.0. The second kappa shape index (κ2) is 12.2. The lowest BCUT2D eigenvalue weighted by atomic mass is 9.81. The molecule has 0 unspecified atom stereocenters. The Labute approximate surface area is 171 Å². The van der Waals surface area contributed by atoms with E-state index in [9.17, 15) is 9.90 Å². The van der Waals surface area contributed by atoms with Crippen molar-refractivity contribution >= 4 is 28.4 Å². The smallest absolute Gasteiger partial charge is 0.173 e. The molecule has 0 atom stereocenters. The van der Waals surface area contributed by atoms with Gasteiger partial charge in [0.05, 0.1) is 0 Å². The monoisotopic (exact) mass is 467 g/mol. The van der Waals surface area contributed by atoms with Crippen LogP contribution in [0.25, 0.3) is 0 Å². The second-order valence-electron chi connectivity index (χ2n) is 6.00. The van der Waals surface area contributed by atoms with E-state index in [-0.39, 0.29) is 5.78 Å². The highest BCUT2D eigenvalue weighted by Gasteiger charge is 2.38. The summed E-state index contributed by atoms with van der Waals surface area (Å²) in [5, 5.41) is 11.3. The number of hydrogen-bond donors (Lipinski definition) is 1. The summed E-state index contributed by atoms with van der Waals surface area (Å²) in [7, 11) is 0. The fraction of sp³-hybridized carbons (Fsp3) is 0.409. The van der Waals surface area contributed by atoms with Crippen LogP contribution in [-0.2, 0) is 10.4 Å². The molecule has 2 rings (SSSR count). The Bertz CT molecular complexity index is 588. The van der Waals surface area contributed by atoms with Gasteiger partial charge in [0, 0.05) is 6.42 Å². The third kappa shape index (κ3) is 5.89. The molecule has 2 aromatic rings. The number of halogens is 1. The number of ketones is 1. The maximum Gasteiger partial charge on any atom is 0.173 e. The average Bonchev–Trinajstić information content (AvgIpc) is 2.73. The Kier molecular flexibility index (Phi) is 10.7. The Morgan fingerprint density at radius 3 is 1.73 bits per heavy atom. The normalized spacial score (nSPS) is 11.0. The molecule has 142 valence electrons. The van der Waals surface area contributed by atoms with Crippen LogP contribution in [0.3, 0.4) is 0 Å². The number of alkyl halides is 1. The number of carbonyl (C=O) groups excluding carboxylic acids is 1. The van der Waals surface area contributed by atoms with E-state index in [4.69, 9.17) is 0 Å². The summed E-state index contributed by atoms with van der Waals surface area (Å²) in [5.74, 6) is -0.146. The van der Waals surface area contributed by atoms with Gasteiger partial charge in [0.2, 0.25) is 0 Å². The highest BCUT2D eigenvalue weighted by molar-refractivity contribution is 14.1. The SMILES string of the molecule is CCN(CC)CCCC(=O)C(O)(c1ccccc1)c1ccccc1.CI. The van der Waals surface area contributed by atoms with Crippen LogP contribution < -0.4 is 0 Å². The van der Waals surface area contributed by atoms with E-state index < -0.39 is 5.60 Å². The fourth-order valence-electron chi connectivity index (χ4n) is 3.03. The number of rotatable bonds is 9. The lowest BCUT2D eigenvalue weighted by Gasteiger charge is -2.28. The number of aliphatic hydroxyl groups is 1. The van der Waals surface area contributed by atoms with Crippen molar-refractivity contribution in [2.75, 3.05) is 24.6 Å². The molecule has 0 bridgehead atoms. The van der Waals surface area contributed by atoms with Crippen molar-refractivity contribution < 1.29 is 9.90 Å². The topological polar surface area (TPSA) is 40.5 Å². The van der Waals surface area contributed by atoms with E-state index >= 15 is 0 Å². The summed E-state index contributed by atoms with van der Waals surface area (Å²) in [5.41, 5.74) is -0.320. The molecule has 0 saturated heterocycles. The summed E-state index contributed by atoms with van der Waals surface area (Å²) < 4.78 is 0. The van der Waals surface area contributed by atoms with E-state index in [0.717, 1.165) is 26.1 Å². The Morgan fingerprint density at radius 1 is 0.923 bits per heavy atom. The highest BCUT2D eigenvalue weighted by Crippen LogP contribution is 2.32. The summed E-state index contributed by atoms with van der Waals surface area (Å²) in [6.45, 7) is 7.07. The minimum absolute atomic E-state index is 0.146. The maximum atomic E-state index is 13.0. The zero-order chi connectivity index (χ0) is 19.4. The first-order valence-electron chi connectivity index (χ1n) is 9.09. The second-order valence-corrected chi connectivity index (χ2v) is 6.00. The van der Waals surface area contributed by atoms with Crippen LogP contribution in [-0.4, -0.2) is 40.4 Å². The van der Waals surface area contributed by atoms with Crippen LogP contribution in [0.15, 0.2) is 60.7 Å². The molecule has 0 aliphatic heterocycles. The van der Waals surface area contributed by atoms with Crippen LogP contribution in [0, 0.1) is 0 Å². The fourth-order valence-corrected chi connectivity index (χ4v) is 3.03. The number of nitrogens with zero attached hydrogens (tertiary/aromatic N) is 1. The molecule has 0 radical (unpaired) electrons. The van der Waals surface area contributed by atoms with Crippen LogP contribution >= 0.6 is 22.6 Å². The minimum atomic E-state index is -1.58. The summed E-state index contributed by atoms with van der Waals surface area (Å²) in [6, 6.07) is 18.5. The Morgan fingerprint density at radius 2 is 1.35 bits per heavy atom. The molecule has 3 nitrogen and oxygen atoms in total. The Balaban J connectivity index is 0.00000163. The molecular formula is C22H30INO2. The molecular weight excluding hydrogens is 437 g/mol. The highest BCUT2D eigenvalue weighted by atomic mass is 127. The van der Waals surface area contributed by atoms with E-state index in [1.54, 1.807) is 0 Å². The molecule has 0 fully saturated rings. The lowest BCUT2D eigenvalue weighted by Crippen LogP contribution is -2.37. The van der Waals surface area contributed by atoms with Crippen LogP contribution in [0.4, 0.5) is 0 Å². The van der Waals surface area contributed by atoms with E-state index in [1.165, 1.54) is 0 Å². The van der Waals surface area contributed by atoms with Gasteiger partial charge in [0.15, 0.2) is 11.4 Å². The van der Waals surface area contributed by atoms with Crippen molar-refractivity contribution in [3.63, 3.8) is 0 Å². The van der Waals surface area contributed by atoms with Gasteiger partial charge in [-0.3, -0.25) is 4.79 Å². The lowest BCUT2D eigenvalue weighted by molar-refractivity contribution is -0.134. The number of Topliss-reactive ketones (excluding diaryl/α,β-unsaturated/α-hetero) is 1. The molecule has 2 aromatic carbocycles. The molecule has 4 heteroatoms. The molecule has 0 aliphatic carbocycles. The predicted molar refractivity (Wildman–Crippen MR) is 118 cm³/mol. The molecule has 0 aromatic heterocycles. The van der Waals surface area contributed by atoms with Crippen molar-refractivity contribution in [1.29, 1.82) is 0 Å². The first kappa shape index (κ1) is 22.8. The first-order valence-corrected chi connectivity index (χ1v) is 11.3. The van der Waals surface area contributed by atoms with E-state index in [0.29, 0.717) is 17.5 Å². The average molecular weight is 467 g/mol. The number of benzene rings is 2. The van der Waals surface area contributed by atoms with Gasteiger partial charge < -0.3 is 10.0 Å². The van der Waals surface area contributed by atoms with Crippen LogP contribution in [0.1, 0.15) is 37.8 Å². The van der Waals surface area contributed by atoms with Gasteiger partial charge in [-0.05, 0) is 42.1 Å². The third-order valence-electron chi connectivity index (χ3n) is 4.56. The Hall–Kier alpha value is -1.24. The van der Waals surface area contributed by atoms with Gasteiger partial charge in [-0.15, -0.1) is 0 Å². The van der Waals surface area contributed by atoms with Gasteiger partial charge in [-0.25, -0.2) is 0 Å². The van der Waals surface area contributed by atoms with Crippen molar-refractivity contribution in [2.45, 2.75) is 32.3 Å². The predicted octanol–water partition coefficient (Wildman–Crippen LogP) is 4.66. The first-order chi connectivity index (χ1) is 12.6. The van der Waals surface area contributed by atoms with Crippen molar-refractivity contribution in [2.24, 2.45) is 0 Å². The standard InChI is InChI=1S/C21H27NO2.CH3I/c1-3-22(4-2)17-11-16-20(23)21(24,18-12-7-5-8-13-18)19-14-9-6-10-15-19;1-2/h5-10,12-15,24H,3-4,11,16-17H2,1-2H3;1H3. The largest absolute Gasteiger partial charge is 0.373 e. The van der Waals surface area contributed by atoms with Gasteiger partial charge in [0.1, 0.15) is 0 Å². The molecule has 0 aliphatic rings. The van der Waals surface area contributed by atoms with Gasteiger partial charge in [-0.1, -0.05) is 97.1 Å². The van der Waals surface area contributed by atoms with E-state index in [1.807, 2.05) is 65.6 Å². The van der Waals surface area contributed by atoms with Crippen LogP contribution in [0.5, 0.6) is 0 Å². The number of carbonyl (C=O) groups is 1. The van der Waals surface area contributed by atoms with Crippen molar-refractivity contribution in [3.05, 3.63) is 71.8 Å². The number of hydrogen-bond acceptors (Lipinski definition) is 3. The van der Waals surface area contributed by atoms with Gasteiger partial charge in [0.25, 0.3) is 0 Å². The minimum Gasteiger partial charge on any atom is -0.373 e. The molecule has 26 heavy (non-hydrogen) atoms. The van der Waals surface area contributed by atoms with Crippen molar-refractivity contribution in [3.8, 4) is 0 Å². The van der Waals surface area contributed by atoms with Gasteiger partial charge in [-0.2, -0.15) is 0 Å². The summed E-state index contributed by atoms with van der Waals surface area (Å²) in [6.07, 6.45) is 1.11. The summed E-state index contributed by atoms with van der Waals surface area (Å²) in [4.78, 5) is 17.2. The molecule has 0 saturated carbocycles. The summed E-state index contributed by atoms with van der Waals surface area (Å²) >= 11 is 2.15. The van der Waals surface area contributed by atoms with Crippen molar-refractivity contribution in [1.82, 2.24) is 4.90 Å². The molecule has 0 heterocycles.